The Kier molecular flexibility index (Phi) is 3.74. The van der Waals surface area contributed by atoms with Gasteiger partial charge < -0.3 is 19.3 Å². The molecule has 1 unspecified atom stereocenters. The normalized spacial score (nSPS) is 19.7. The lowest BCUT2D eigenvalue weighted by Crippen LogP contribution is -2.28. The Morgan fingerprint density at radius 3 is 2.48 bits per heavy atom. The topological polar surface area (TPSA) is 65.0 Å². The molecule has 1 atom stereocenters. The van der Waals surface area contributed by atoms with Crippen molar-refractivity contribution in [3.8, 4) is 5.75 Å². The number of aryl methyl sites for hydroxylation is 1. The molecule has 0 spiro atoms. The highest BCUT2D eigenvalue weighted by molar-refractivity contribution is 6.20. The van der Waals surface area contributed by atoms with Crippen molar-refractivity contribution in [3.05, 3.63) is 57.9 Å². The fraction of sp³-hybridized carbons (Fsp3) is 0.278. The van der Waals surface area contributed by atoms with Crippen molar-refractivity contribution in [1.29, 1.82) is 0 Å². The van der Waals surface area contributed by atoms with E-state index in [4.69, 9.17) is 14.2 Å². The number of methoxy groups -OCH3 is 3. The summed E-state index contributed by atoms with van der Waals surface area (Å²) in [6.07, 6.45) is 3.09. The highest BCUT2D eigenvalue weighted by atomic mass is 16.5. The number of hydrogen-bond acceptors (Lipinski definition) is 5. The van der Waals surface area contributed by atoms with E-state index < -0.39 is 6.10 Å². The van der Waals surface area contributed by atoms with Gasteiger partial charge in [-0.2, -0.15) is 0 Å². The highest BCUT2D eigenvalue weighted by Crippen LogP contribution is 2.44. The predicted octanol–water partition coefficient (Wildman–Crippen LogP) is 2.74. The van der Waals surface area contributed by atoms with Gasteiger partial charge in [0.05, 0.1) is 25.4 Å². The minimum atomic E-state index is -0.418. The van der Waals surface area contributed by atoms with Crippen LogP contribution in [0.5, 0.6) is 5.75 Å². The van der Waals surface area contributed by atoms with E-state index in [-0.39, 0.29) is 17.1 Å². The third kappa shape index (κ3) is 2.16. The fourth-order valence-corrected chi connectivity index (χ4v) is 3.15. The van der Waals surface area contributed by atoms with Gasteiger partial charge in [-0.25, -0.2) is 0 Å². The molecule has 5 heteroatoms. The zero-order valence-electron chi connectivity index (χ0n) is 13.5. The number of phenols is 1. The number of rotatable bonds is 3. The van der Waals surface area contributed by atoms with E-state index in [0.29, 0.717) is 28.2 Å². The molecule has 5 nitrogen and oxygen atoms in total. The number of hydrogen-bond donors (Lipinski definition) is 1. The number of carbonyl (C=O) groups excluding carboxylic acids is 1. The second-order valence-electron chi connectivity index (χ2n) is 5.44. The van der Waals surface area contributed by atoms with Crippen LogP contribution in [0, 0.1) is 6.92 Å². The molecule has 0 heterocycles. The van der Waals surface area contributed by atoms with Crippen LogP contribution in [-0.4, -0.2) is 38.3 Å². The quantitative estimate of drug-likeness (QED) is 0.929. The Morgan fingerprint density at radius 1 is 1.13 bits per heavy atom. The number of Topliss-reactive ketones (excluding diaryl/α,β-unsaturated/α-hetero) is 1. The maximum atomic E-state index is 13.0. The van der Waals surface area contributed by atoms with E-state index in [1.165, 1.54) is 14.2 Å². The third-order valence-electron chi connectivity index (χ3n) is 4.11. The van der Waals surface area contributed by atoms with Crippen molar-refractivity contribution in [2.45, 2.75) is 13.0 Å². The second kappa shape index (κ2) is 5.59. The number of allylic oxidation sites excluding steroid dienone is 1. The predicted molar refractivity (Wildman–Crippen MR) is 85.1 cm³/mol. The summed E-state index contributed by atoms with van der Waals surface area (Å²) in [5.74, 6) is 0.583. The lowest BCUT2D eigenvalue weighted by atomic mass is 9.79. The minimum Gasteiger partial charge on any atom is -0.507 e. The van der Waals surface area contributed by atoms with Gasteiger partial charge in [0.1, 0.15) is 23.4 Å². The first-order valence-corrected chi connectivity index (χ1v) is 7.20. The van der Waals surface area contributed by atoms with Crippen molar-refractivity contribution in [2.75, 3.05) is 21.3 Å². The van der Waals surface area contributed by atoms with Gasteiger partial charge in [0.2, 0.25) is 5.78 Å². The molecule has 3 rings (SSSR count). The molecule has 0 saturated heterocycles. The van der Waals surface area contributed by atoms with Gasteiger partial charge in [0, 0.05) is 18.2 Å². The van der Waals surface area contributed by atoms with Gasteiger partial charge in [-0.05, 0) is 36.8 Å². The van der Waals surface area contributed by atoms with Crippen molar-refractivity contribution in [1.82, 2.24) is 0 Å². The molecule has 0 radical (unpaired) electrons. The first-order chi connectivity index (χ1) is 11.0. The van der Waals surface area contributed by atoms with E-state index in [0.717, 1.165) is 5.56 Å². The molecule has 0 fully saturated rings. The summed E-state index contributed by atoms with van der Waals surface area (Å²) in [4.78, 5) is 13.0. The lowest BCUT2D eigenvalue weighted by Gasteiger charge is -2.30. The molecule has 2 aliphatic rings. The van der Waals surface area contributed by atoms with Crippen LogP contribution in [0.25, 0.3) is 5.76 Å². The van der Waals surface area contributed by atoms with Crippen molar-refractivity contribution < 1.29 is 24.1 Å². The first kappa shape index (κ1) is 15.4. The van der Waals surface area contributed by atoms with Crippen LogP contribution in [0.4, 0.5) is 0 Å². The summed E-state index contributed by atoms with van der Waals surface area (Å²) in [7, 11) is 4.61. The summed E-state index contributed by atoms with van der Waals surface area (Å²) < 4.78 is 16.4. The summed E-state index contributed by atoms with van der Waals surface area (Å²) in [5.41, 5.74) is 2.62. The SMILES string of the molecule is COC1=C2C(=O)c3c(O)cc(C)cc3C(OC)=C2C(OC)C=C1. The molecule has 1 N–H and O–H groups in total. The standard InChI is InChI=1S/C18H18O5/c1-9-7-10-14(11(19)8-9)17(20)15-12(21-2)5-6-13(22-3)16(15)18(10)23-4/h5-8,13,19H,1-4H3. The molecule has 23 heavy (non-hydrogen) atoms. The summed E-state index contributed by atoms with van der Waals surface area (Å²) >= 11 is 0. The number of aromatic hydroxyl groups is 1. The van der Waals surface area contributed by atoms with E-state index in [1.807, 2.05) is 19.1 Å². The van der Waals surface area contributed by atoms with Crippen LogP contribution >= 0.6 is 0 Å². The molecule has 0 aromatic heterocycles. The van der Waals surface area contributed by atoms with Gasteiger partial charge in [-0.3, -0.25) is 4.79 Å². The Labute approximate surface area is 134 Å². The van der Waals surface area contributed by atoms with Gasteiger partial charge in [-0.15, -0.1) is 0 Å². The van der Waals surface area contributed by atoms with Gasteiger partial charge >= 0.3 is 0 Å². The Morgan fingerprint density at radius 2 is 1.87 bits per heavy atom. The number of carbonyl (C=O) groups is 1. The number of phenolic OH excluding ortho intramolecular Hbond substituents is 1. The number of fused-ring (bicyclic) bond motifs is 2. The van der Waals surface area contributed by atoms with E-state index in [1.54, 1.807) is 19.3 Å². The molecule has 0 bridgehead atoms. The smallest absolute Gasteiger partial charge is 0.201 e. The molecule has 1 aromatic rings. The molecular weight excluding hydrogens is 296 g/mol. The van der Waals surface area contributed by atoms with Crippen molar-refractivity contribution in [3.63, 3.8) is 0 Å². The Balaban J connectivity index is 2.42. The average molecular weight is 314 g/mol. The van der Waals surface area contributed by atoms with Crippen molar-refractivity contribution in [2.24, 2.45) is 0 Å². The largest absolute Gasteiger partial charge is 0.507 e. The molecule has 0 saturated carbocycles. The molecule has 0 aliphatic heterocycles. The van der Waals surface area contributed by atoms with Crippen LogP contribution in [0.15, 0.2) is 41.2 Å². The number of benzene rings is 1. The van der Waals surface area contributed by atoms with E-state index in [9.17, 15) is 9.90 Å². The van der Waals surface area contributed by atoms with E-state index >= 15 is 0 Å². The summed E-state index contributed by atoms with van der Waals surface area (Å²) in [6.45, 7) is 1.85. The van der Waals surface area contributed by atoms with Gasteiger partial charge in [0.25, 0.3) is 0 Å². The highest BCUT2D eigenvalue weighted by Gasteiger charge is 2.39. The molecular formula is C18H18O5. The molecule has 120 valence electrons. The number of ether oxygens (including phenoxy) is 3. The van der Waals surface area contributed by atoms with Crippen molar-refractivity contribution >= 4 is 11.5 Å². The number of ketones is 1. The summed E-state index contributed by atoms with van der Waals surface area (Å²) in [5, 5.41) is 10.3. The van der Waals surface area contributed by atoms with Crippen LogP contribution < -0.4 is 0 Å². The Hall–Kier alpha value is -2.53. The Bertz CT molecular complexity index is 783. The summed E-state index contributed by atoms with van der Waals surface area (Å²) in [6, 6.07) is 3.39. The third-order valence-corrected chi connectivity index (χ3v) is 4.11. The van der Waals surface area contributed by atoms with Crippen LogP contribution in [-0.2, 0) is 14.2 Å². The molecule has 1 aromatic carbocycles. The lowest BCUT2D eigenvalue weighted by molar-refractivity contribution is 0.101. The van der Waals surface area contributed by atoms with Crippen LogP contribution in [0.1, 0.15) is 21.5 Å². The monoisotopic (exact) mass is 314 g/mol. The maximum absolute atomic E-state index is 13.0. The fourth-order valence-electron chi connectivity index (χ4n) is 3.15. The van der Waals surface area contributed by atoms with Gasteiger partial charge in [-0.1, -0.05) is 0 Å². The minimum absolute atomic E-state index is 0.0647. The zero-order valence-corrected chi connectivity index (χ0v) is 13.5. The van der Waals surface area contributed by atoms with Gasteiger partial charge in [0.15, 0.2) is 0 Å². The zero-order chi connectivity index (χ0) is 16.7. The molecule has 0 amide bonds. The first-order valence-electron chi connectivity index (χ1n) is 7.20. The van der Waals surface area contributed by atoms with E-state index in [2.05, 4.69) is 0 Å². The van der Waals surface area contributed by atoms with Crippen LogP contribution in [0.2, 0.25) is 0 Å². The molecule has 2 aliphatic carbocycles. The second-order valence-corrected chi connectivity index (χ2v) is 5.44. The van der Waals surface area contributed by atoms with Crippen LogP contribution in [0.3, 0.4) is 0 Å². The average Bonchev–Trinajstić information content (AvgIpc) is 2.53. The maximum Gasteiger partial charge on any atom is 0.201 e.